The molecule has 116 valence electrons. The van der Waals surface area contributed by atoms with Crippen molar-refractivity contribution in [2.24, 2.45) is 0 Å². The van der Waals surface area contributed by atoms with Crippen molar-refractivity contribution in [3.63, 3.8) is 0 Å². The molecule has 3 rings (SSSR count). The van der Waals surface area contributed by atoms with E-state index < -0.39 is 0 Å². The second-order valence-electron chi connectivity index (χ2n) is 5.39. The van der Waals surface area contributed by atoms with Crippen LogP contribution in [-0.2, 0) is 9.59 Å². The number of halogens is 1. The number of hydrogen-bond acceptors (Lipinski definition) is 4. The fourth-order valence-electron chi connectivity index (χ4n) is 2.64. The maximum absolute atomic E-state index is 12.3. The molecule has 5 heteroatoms. The molecule has 1 aliphatic heterocycles. The topological polar surface area (TPSA) is 37.4 Å². The van der Waals surface area contributed by atoms with Gasteiger partial charge in [-0.15, -0.1) is 12.4 Å². The molecule has 0 unspecified atom stereocenters. The van der Waals surface area contributed by atoms with Crippen LogP contribution in [0, 0.1) is 0 Å². The molecule has 1 fully saturated rings. The number of allylic oxidation sites excluding steroid dienone is 2. The van der Waals surface area contributed by atoms with E-state index in [2.05, 4.69) is 11.9 Å². The van der Waals surface area contributed by atoms with Crippen LogP contribution in [-0.4, -0.2) is 36.6 Å². The van der Waals surface area contributed by atoms with Crippen molar-refractivity contribution in [3.8, 4) is 0 Å². The zero-order chi connectivity index (χ0) is 14.8. The number of rotatable bonds is 2. The van der Waals surface area contributed by atoms with Crippen molar-refractivity contribution in [2.75, 3.05) is 20.1 Å². The fourth-order valence-corrected chi connectivity index (χ4v) is 3.72. The summed E-state index contributed by atoms with van der Waals surface area (Å²) in [7, 11) is 2.08. The van der Waals surface area contributed by atoms with E-state index in [0.717, 1.165) is 42.0 Å². The summed E-state index contributed by atoms with van der Waals surface area (Å²) in [6, 6.07) is 9.77. The molecule has 2 aliphatic rings. The molecule has 1 heterocycles. The Morgan fingerprint density at radius 2 is 1.73 bits per heavy atom. The van der Waals surface area contributed by atoms with E-state index >= 15 is 0 Å². The van der Waals surface area contributed by atoms with Gasteiger partial charge in [0, 0.05) is 18.0 Å². The zero-order valence-electron chi connectivity index (χ0n) is 12.4. The number of carbonyl (C=O) groups is 2. The smallest absolute Gasteiger partial charge is 0.239 e. The van der Waals surface area contributed by atoms with Crippen LogP contribution in [0.5, 0.6) is 0 Å². The lowest BCUT2D eigenvalue weighted by Gasteiger charge is -2.18. The van der Waals surface area contributed by atoms with E-state index in [4.69, 9.17) is 0 Å². The van der Waals surface area contributed by atoms with Crippen molar-refractivity contribution in [3.05, 3.63) is 52.5 Å². The third-order valence-electron chi connectivity index (χ3n) is 3.87. The summed E-state index contributed by atoms with van der Waals surface area (Å²) in [5, 5.41) is 0. The molecule has 0 saturated carbocycles. The quantitative estimate of drug-likeness (QED) is 0.614. The van der Waals surface area contributed by atoms with E-state index in [-0.39, 0.29) is 24.0 Å². The average molecular weight is 336 g/mol. The number of Topliss-reactive ketones (excluding diaryl/α,β-unsaturated/α-hetero) is 1. The van der Waals surface area contributed by atoms with Crippen molar-refractivity contribution in [1.29, 1.82) is 0 Å². The molecule has 0 aromatic heterocycles. The third-order valence-corrected chi connectivity index (χ3v) is 5.01. The second kappa shape index (κ2) is 7.27. The Morgan fingerprint density at radius 1 is 1.05 bits per heavy atom. The molecular formula is C17H18ClNO2S. The lowest BCUT2D eigenvalue weighted by Crippen LogP contribution is -2.20. The van der Waals surface area contributed by atoms with Gasteiger partial charge in [0.25, 0.3) is 0 Å². The lowest BCUT2D eigenvalue weighted by molar-refractivity contribution is -0.131. The first-order chi connectivity index (χ1) is 10.1. The third kappa shape index (κ3) is 3.51. The largest absolute Gasteiger partial charge is 0.306 e. The van der Waals surface area contributed by atoms with Gasteiger partial charge in [-0.3, -0.25) is 9.59 Å². The number of benzene rings is 1. The molecule has 0 amide bonds. The molecule has 1 aromatic carbocycles. The van der Waals surface area contributed by atoms with Gasteiger partial charge in [0.05, 0.1) is 4.91 Å². The van der Waals surface area contributed by atoms with E-state index in [0.29, 0.717) is 4.91 Å². The highest BCUT2D eigenvalue weighted by Crippen LogP contribution is 2.38. The summed E-state index contributed by atoms with van der Waals surface area (Å²) in [5.41, 5.74) is 2.11. The summed E-state index contributed by atoms with van der Waals surface area (Å²) in [6.45, 7) is 1.85. The van der Waals surface area contributed by atoms with Crippen LogP contribution in [0.4, 0.5) is 0 Å². The Balaban J connectivity index is 0.00000176. The number of likely N-dealkylation sites (tertiary alicyclic amines) is 1. The van der Waals surface area contributed by atoms with Gasteiger partial charge in [-0.2, -0.15) is 0 Å². The van der Waals surface area contributed by atoms with E-state index in [1.165, 1.54) is 11.8 Å². The van der Waals surface area contributed by atoms with Gasteiger partial charge in [-0.05, 0) is 49.2 Å². The first-order valence-electron chi connectivity index (χ1n) is 7.09. The van der Waals surface area contributed by atoms with Gasteiger partial charge in [0.1, 0.15) is 0 Å². The number of hydrogen-bond donors (Lipinski definition) is 0. The first kappa shape index (κ1) is 17.0. The fraction of sp³-hybridized carbons (Fsp3) is 0.294. The highest BCUT2D eigenvalue weighted by molar-refractivity contribution is 8.04. The maximum atomic E-state index is 12.3. The molecule has 0 N–H and O–H groups in total. The van der Waals surface area contributed by atoms with E-state index in [1.54, 1.807) is 6.08 Å². The standard InChI is InChI=1S/C17H17NO2S.ClH/c1-18-9-7-12-11-15(19)16(20)17(14(12)8-10-18)21-13-5-3-2-4-6-13;/h2-6,11H,7-10H2,1H3;1H. The number of nitrogens with zero attached hydrogens (tertiary/aromatic N) is 1. The Kier molecular flexibility index (Phi) is 5.62. The minimum atomic E-state index is -0.378. The van der Waals surface area contributed by atoms with Gasteiger partial charge < -0.3 is 4.90 Å². The van der Waals surface area contributed by atoms with Crippen LogP contribution >= 0.6 is 24.2 Å². The van der Waals surface area contributed by atoms with Crippen LogP contribution < -0.4 is 0 Å². The van der Waals surface area contributed by atoms with Crippen LogP contribution in [0.1, 0.15) is 12.8 Å². The van der Waals surface area contributed by atoms with Crippen molar-refractivity contribution in [1.82, 2.24) is 4.90 Å². The molecule has 1 aromatic rings. The van der Waals surface area contributed by atoms with Crippen molar-refractivity contribution < 1.29 is 9.59 Å². The van der Waals surface area contributed by atoms with E-state index in [1.807, 2.05) is 30.3 Å². The predicted molar refractivity (Wildman–Crippen MR) is 91.4 cm³/mol. The molecular weight excluding hydrogens is 318 g/mol. The summed E-state index contributed by atoms with van der Waals surface area (Å²) >= 11 is 1.42. The molecule has 0 radical (unpaired) electrons. The zero-order valence-corrected chi connectivity index (χ0v) is 14.0. The maximum Gasteiger partial charge on any atom is 0.239 e. The molecule has 0 spiro atoms. The average Bonchev–Trinajstić information content (AvgIpc) is 2.67. The lowest BCUT2D eigenvalue weighted by atomic mass is 9.92. The molecule has 3 nitrogen and oxygen atoms in total. The minimum Gasteiger partial charge on any atom is -0.306 e. The van der Waals surface area contributed by atoms with Crippen LogP contribution in [0.15, 0.2) is 57.4 Å². The summed E-state index contributed by atoms with van der Waals surface area (Å²) < 4.78 is 0. The van der Waals surface area contributed by atoms with Crippen molar-refractivity contribution >= 4 is 35.7 Å². The molecule has 22 heavy (non-hydrogen) atoms. The molecule has 0 bridgehead atoms. The van der Waals surface area contributed by atoms with Crippen LogP contribution in [0.25, 0.3) is 0 Å². The highest BCUT2D eigenvalue weighted by atomic mass is 35.5. The SMILES string of the molecule is CN1CCC2=CC(=O)C(=O)C(Sc3ccccc3)=C2CC1.Cl. The number of carbonyl (C=O) groups excluding carboxylic acids is 2. The first-order valence-corrected chi connectivity index (χ1v) is 7.91. The molecule has 0 atom stereocenters. The summed E-state index contributed by atoms with van der Waals surface area (Å²) in [5.74, 6) is -0.733. The number of fused-ring (bicyclic) bond motifs is 1. The van der Waals surface area contributed by atoms with Crippen LogP contribution in [0.3, 0.4) is 0 Å². The Morgan fingerprint density at radius 3 is 2.45 bits per heavy atom. The van der Waals surface area contributed by atoms with E-state index in [9.17, 15) is 9.59 Å². The number of ketones is 2. The molecule has 1 saturated heterocycles. The van der Waals surface area contributed by atoms with Crippen LogP contribution in [0.2, 0.25) is 0 Å². The molecule has 1 aliphatic carbocycles. The Bertz CT molecular complexity index is 652. The normalized spacial score (nSPS) is 19.2. The minimum absolute atomic E-state index is 0. The monoisotopic (exact) mass is 335 g/mol. The number of thioether (sulfide) groups is 1. The Hall–Kier alpha value is -1.36. The van der Waals surface area contributed by atoms with Gasteiger partial charge >= 0.3 is 0 Å². The predicted octanol–water partition coefficient (Wildman–Crippen LogP) is 3.26. The van der Waals surface area contributed by atoms with Gasteiger partial charge in [-0.1, -0.05) is 30.0 Å². The summed E-state index contributed by atoms with van der Waals surface area (Å²) in [4.78, 5) is 28.1. The van der Waals surface area contributed by atoms with Gasteiger partial charge in [0.2, 0.25) is 11.6 Å². The highest BCUT2D eigenvalue weighted by Gasteiger charge is 2.30. The Labute approximate surface area is 140 Å². The summed E-state index contributed by atoms with van der Waals surface area (Å²) in [6.07, 6.45) is 3.21. The van der Waals surface area contributed by atoms with Crippen molar-refractivity contribution in [2.45, 2.75) is 17.7 Å². The van der Waals surface area contributed by atoms with Gasteiger partial charge in [-0.25, -0.2) is 0 Å². The van der Waals surface area contributed by atoms with Gasteiger partial charge in [0.15, 0.2) is 0 Å². The second-order valence-corrected chi connectivity index (χ2v) is 6.47.